The third kappa shape index (κ3) is 4.59. The van der Waals surface area contributed by atoms with Crippen molar-refractivity contribution in [1.29, 1.82) is 0 Å². The summed E-state index contributed by atoms with van der Waals surface area (Å²) in [5, 5.41) is 15.8. The first-order valence-corrected chi connectivity index (χ1v) is 10.8. The molecule has 0 radical (unpaired) electrons. The van der Waals surface area contributed by atoms with Crippen LogP contribution in [0.15, 0.2) is 36.4 Å². The van der Waals surface area contributed by atoms with Crippen LogP contribution in [0.5, 0.6) is 0 Å². The zero-order valence-electron chi connectivity index (χ0n) is 16.5. The van der Waals surface area contributed by atoms with Crippen molar-refractivity contribution in [3.05, 3.63) is 47.0 Å². The van der Waals surface area contributed by atoms with Crippen molar-refractivity contribution in [1.82, 2.24) is 19.8 Å². The van der Waals surface area contributed by atoms with Crippen molar-refractivity contribution in [2.24, 2.45) is 0 Å². The number of nitrogens with zero attached hydrogens (tertiary/aromatic N) is 5. The third-order valence-corrected chi connectivity index (χ3v) is 5.78. The molecule has 0 aliphatic carbocycles. The lowest BCUT2D eigenvalue weighted by Crippen LogP contribution is -2.30. The van der Waals surface area contributed by atoms with Crippen molar-refractivity contribution in [2.45, 2.75) is 39.0 Å². The SMILES string of the molecule is CCCc1nnsc1C(=O)Nc1ccc(-c2ccc(N3CCCCC3)nn2)cc1. The molecule has 1 aromatic carbocycles. The number of carbonyl (C=O) groups is 1. The van der Waals surface area contributed by atoms with Crippen LogP contribution in [0.1, 0.15) is 48.0 Å². The lowest BCUT2D eigenvalue weighted by Gasteiger charge is -2.27. The highest BCUT2D eigenvalue weighted by Gasteiger charge is 2.16. The Hall–Kier alpha value is -2.87. The molecule has 150 valence electrons. The molecule has 3 aromatic rings. The number of piperidine rings is 1. The Kier molecular flexibility index (Phi) is 6.09. The van der Waals surface area contributed by atoms with Gasteiger partial charge in [-0.15, -0.1) is 15.3 Å². The Balaban J connectivity index is 1.42. The van der Waals surface area contributed by atoms with Gasteiger partial charge in [0.2, 0.25) is 0 Å². The van der Waals surface area contributed by atoms with Crippen molar-refractivity contribution in [2.75, 3.05) is 23.3 Å². The van der Waals surface area contributed by atoms with Crippen LogP contribution >= 0.6 is 11.5 Å². The Labute approximate surface area is 174 Å². The van der Waals surface area contributed by atoms with Crippen LogP contribution in [0.4, 0.5) is 11.5 Å². The number of rotatable bonds is 6. The van der Waals surface area contributed by atoms with E-state index in [0.29, 0.717) is 4.88 Å². The standard InChI is InChI=1S/C21H24N6OS/c1-2-6-18-20(29-26-24-18)21(28)22-16-9-7-15(8-10-16)17-11-12-19(25-23-17)27-13-4-3-5-14-27/h7-12H,2-6,13-14H2,1H3,(H,22,28). The maximum absolute atomic E-state index is 12.5. The van der Waals surface area contributed by atoms with Gasteiger partial charge in [-0.3, -0.25) is 4.79 Å². The van der Waals surface area contributed by atoms with E-state index < -0.39 is 0 Å². The summed E-state index contributed by atoms with van der Waals surface area (Å²) >= 11 is 1.13. The van der Waals surface area contributed by atoms with Gasteiger partial charge in [-0.1, -0.05) is 30.0 Å². The Morgan fingerprint density at radius 2 is 1.83 bits per heavy atom. The molecule has 0 saturated carbocycles. The number of anilines is 2. The Morgan fingerprint density at radius 1 is 1.03 bits per heavy atom. The molecule has 7 nitrogen and oxygen atoms in total. The van der Waals surface area contributed by atoms with Crippen LogP contribution in [-0.4, -0.2) is 38.8 Å². The number of hydrogen-bond donors (Lipinski definition) is 1. The number of benzene rings is 1. The van der Waals surface area contributed by atoms with Crippen LogP contribution in [-0.2, 0) is 6.42 Å². The first-order valence-electron chi connectivity index (χ1n) is 10.1. The van der Waals surface area contributed by atoms with Gasteiger partial charge in [0.05, 0.1) is 11.4 Å². The molecule has 29 heavy (non-hydrogen) atoms. The summed E-state index contributed by atoms with van der Waals surface area (Å²) in [6.07, 6.45) is 5.41. The van der Waals surface area contributed by atoms with E-state index in [-0.39, 0.29) is 5.91 Å². The summed E-state index contributed by atoms with van der Waals surface area (Å²) < 4.78 is 3.91. The van der Waals surface area contributed by atoms with Crippen LogP contribution in [0, 0.1) is 0 Å². The molecule has 8 heteroatoms. The molecule has 1 N–H and O–H groups in total. The van der Waals surface area contributed by atoms with Crippen molar-refractivity contribution in [3.63, 3.8) is 0 Å². The average Bonchev–Trinajstić information content (AvgIpc) is 3.24. The highest BCUT2D eigenvalue weighted by molar-refractivity contribution is 7.08. The van der Waals surface area contributed by atoms with Crippen LogP contribution in [0.3, 0.4) is 0 Å². The first-order chi connectivity index (χ1) is 14.2. The molecular weight excluding hydrogens is 384 g/mol. The highest BCUT2D eigenvalue weighted by Crippen LogP contribution is 2.23. The quantitative estimate of drug-likeness (QED) is 0.658. The molecule has 1 aliphatic heterocycles. The van der Waals surface area contributed by atoms with Crippen LogP contribution in [0.2, 0.25) is 0 Å². The number of amides is 1. The van der Waals surface area contributed by atoms with Crippen molar-refractivity contribution < 1.29 is 4.79 Å². The lowest BCUT2D eigenvalue weighted by molar-refractivity contribution is 0.102. The molecular formula is C21H24N6OS. The van der Waals surface area contributed by atoms with E-state index in [9.17, 15) is 4.79 Å². The zero-order chi connectivity index (χ0) is 20.1. The molecule has 2 aromatic heterocycles. The fourth-order valence-corrected chi connectivity index (χ4v) is 4.07. The van der Waals surface area contributed by atoms with E-state index in [2.05, 4.69) is 36.9 Å². The minimum Gasteiger partial charge on any atom is -0.355 e. The van der Waals surface area contributed by atoms with Gasteiger partial charge >= 0.3 is 0 Å². The summed E-state index contributed by atoms with van der Waals surface area (Å²) in [6, 6.07) is 11.7. The fraction of sp³-hybridized carbons (Fsp3) is 0.381. The predicted octanol–water partition coefficient (Wildman–Crippen LogP) is 4.19. The van der Waals surface area contributed by atoms with E-state index in [4.69, 9.17) is 0 Å². The molecule has 0 spiro atoms. The molecule has 1 saturated heterocycles. The number of aryl methyl sites for hydroxylation is 1. The fourth-order valence-electron chi connectivity index (χ4n) is 3.46. The molecule has 4 rings (SSSR count). The van der Waals surface area contributed by atoms with Gasteiger partial charge in [-0.25, -0.2) is 0 Å². The lowest BCUT2D eigenvalue weighted by atomic mass is 10.1. The molecule has 3 heterocycles. The van der Waals surface area contributed by atoms with Gasteiger partial charge in [0.25, 0.3) is 5.91 Å². The third-order valence-electron chi connectivity index (χ3n) is 5.02. The largest absolute Gasteiger partial charge is 0.355 e. The highest BCUT2D eigenvalue weighted by atomic mass is 32.1. The van der Waals surface area contributed by atoms with Crippen LogP contribution < -0.4 is 10.2 Å². The molecule has 0 atom stereocenters. The molecule has 0 bridgehead atoms. The normalized spacial score (nSPS) is 14.0. The second-order valence-electron chi connectivity index (χ2n) is 7.15. The average molecular weight is 409 g/mol. The smallest absolute Gasteiger partial charge is 0.269 e. The van der Waals surface area contributed by atoms with E-state index >= 15 is 0 Å². The number of nitrogens with one attached hydrogen (secondary N) is 1. The molecule has 0 unspecified atom stereocenters. The first kappa shape index (κ1) is 19.4. The van der Waals surface area contributed by atoms with Gasteiger partial charge in [0, 0.05) is 24.3 Å². The van der Waals surface area contributed by atoms with E-state index in [1.165, 1.54) is 19.3 Å². The zero-order valence-corrected chi connectivity index (χ0v) is 17.3. The van der Waals surface area contributed by atoms with Crippen molar-refractivity contribution in [3.8, 4) is 11.3 Å². The maximum atomic E-state index is 12.5. The minimum atomic E-state index is -0.165. The van der Waals surface area contributed by atoms with E-state index in [1.807, 2.05) is 36.4 Å². The van der Waals surface area contributed by atoms with Gasteiger partial charge in [-0.05, 0) is 61.5 Å². The van der Waals surface area contributed by atoms with Gasteiger partial charge < -0.3 is 10.2 Å². The maximum Gasteiger partial charge on any atom is 0.269 e. The summed E-state index contributed by atoms with van der Waals surface area (Å²) in [5.74, 6) is 0.778. The topological polar surface area (TPSA) is 83.9 Å². The van der Waals surface area contributed by atoms with Gasteiger partial charge in [-0.2, -0.15) is 0 Å². The predicted molar refractivity (Wildman–Crippen MR) is 115 cm³/mol. The van der Waals surface area contributed by atoms with E-state index in [0.717, 1.165) is 65.9 Å². The minimum absolute atomic E-state index is 0.165. The van der Waals surface area contributed by atoms with Crippen LogP contribution in [0.25, 0.3) is 11.3 Å². The van der Waals surface area contributed by atoms with Gasteiger partial charge in [0.1, 0.15) is 4.88 Å². The number of carbonyl (C=O) groups excluding carboxylic acids is 1. The number of aromatic nitrogens is 4. The van der Waals surface area contributed by atoms with E-state index in [1.54, 1.807) is 0 Å². The summed E-state index contributed by atoms with van der Waals surface area (Å²) in [5.41, 5.74) is 3.27. The molecule has 1 amide bonds. The number of hydrogen-bond acceptors (Lipinski definition) is 7. The summed E-state index contributed by atoms with van der Waals surface area (Å²) in [6.45, 7) is 4.16. The van der Waals surface area contributed by atoms with Gasteiger partial charge in [0.15, 0.2) is 5.82 Å². The van der Waals surface area contributed by atoms with Crippen molar-refractivity contribution >= 4 is 28.9 Å². The second-order valence-corrected chi connectivity index (χ2v) is 7.91. The second kappa shape index (κ2) is 9.09. The Morgan fingerprint density at radius 3 is 2.52 bits per heavy atom. The molecule has 1 fully saturated rings. The summed E-state index contributed by atoms with van der Waals surface area (Å²) in [4.78, 5) is 15.4. The molecule has 1 aliphatic rings. The monoisotopic (exact) mass is 408 g/mol. The Bertz CT molecular complexity index is 948. The summed E-state index contributed by atoms with van der Waals surface area (Å²) in [7, 11) is 0.